The maximum atomic E-state index is 10.9. The number of phenolic OH excluding ortho intramolecular Hbond substituents is 1. The van der Waals surface area contributed by atoms with Gasteiger partial charge in [0.05, 0.1) is 0 Å². The molecule has 0 bridgehead atoms. The van der Waals surface area contributed by atoms with Crippen molar-refractivity contribution in [3.05, 3.63) is 53.6 Å². The Balaban J connectivity index is 0.00000338. The Kier molecular flexibility index (Phi) is 9.26. The number of hydrogen-bond donors (Lipinski definition) is 1. The van der Waals surface area contributed by atoms with Crippen molar-refractivity contribution in [1.29, 1.82) is 0 Å². The van der Waals surface area contributed by atoms with Crippen molar-refractivity contribution in [2.24, 2.45) is 0 Å². The van der Waals surface area contributed by atoms with Crippen LogP contribution < -0.4 is 0 Å². The van der Waals surface area contributed by atoms with Crippen LogP contribution in [0.15, 0.2) is 42.5 Å². The fraction of sp³-hybridized carbons (Fsp3) is 0.429. The molecule has 2 aromatic rings. The van der Waals surface area contributed by atoms with E-state index in [1.54, 1.807) is 0 Å². The highest BCUT2D eigenvalue weighted by atomic mass is 35.5. The molecule has 0 heterocycles. The van der Waals surface area contributed by atoms with E-state index in [0.29, 0.717) is 24.1 Å². The van der Waals surface area contributed by atoms with Gasteiger partial charge in [-0.2, -0.15) is 0 Å². The van der Waals surface area contributed by atoms with Gasteiger partial charge in [-0.15, -0.1) is 35.6 Å². The van der Waals surface area contributed by atoms with Gasteiger partial charge >= 0.3 is 0 Å². The third kappa shape index (κ3) is 6.06. The number of nitrogens with zero attached hydrogens (tertiary/aromatic N) is 1. The minimum absolute atomic E-state index is 0. The molecule has 2 rings (SSSR count). The molecule has 144 valence electrons. The van der Waals surface area contributed by atoms with Gasteiger partial charge in [0, 0.05) is 42.5 Å². The highest BCUT2D eigenvalue weighted by Gasteiger charge is 2.20. The van der Waals surface area contributed by atoms with Gasteiger partial charge in [0.15, 0.2) is 0 Å². The Labute approximate surface area is 173 Å². The van der Waals surface area contributed by atoms with E-state index < -0.39 is 0 Å². The number of aromatic hydroxyl groups is 1. The van der Waals surface area contributed by atoms with Gasteiger partial charge in [0.1, 0.15) is 5.75 Å². The first-order chi connectivity index (χ1) is 11.9. The van der Waals surface area contributed by atoms with E-state index in [1.807, 2.05) is 30.3 Å². The highest BCUT2D eigenvalue weighted by molar-refractivity contribution is 6.18. The van der Waals surface area contributed by atoms with E-state index in [4.69, 9.17) is 23.2 Å². The molecule has 5 heteroatoms. The zero-order valence-electron chi connectivity index (χ0n) is 15.6. The lowest BCUT2D eigenvalue weighted by Crippen LogP contribution is -2.27. The summed E-state index contributed by atoms with van der Waals surface area (Å²) in [6.45, 7) is 8.69. The largest absolute Gasteiger partial charge is 0.507 e. The minimum Gasteiger partial charge on any atom is -0.507 e. The Morgan fingerprint density at radius 1 is 0.962 bits per heavy atom. The number of benzene rings is 2. The molecule has 0 saturated carbocycles. The lowest BCUT2D eigenvalue weighted by atomic mass is 9.83. The zero-order chi connectivity index (χ0) is 18.4. The van der Waals surface area contributed by atoms with E-state index in [2.05, 4.69) is 37.8 Å². The predicted molar refractivity (Wildman–Crippen MR) is 116 cm³/mol. The van der Waals surface area contributed by atoms with Crippen LogP contribution in [0.2, 0.25) is 0 Å². The van der Waals surface area contributed by atoms with Crippen LogP contribution in [0.3, 0.4) is 0 Å². The van der Waals surface area contributed by atoms with Gasteiger partial charge in [0.25, 0.3) is 0 Å². The van der Waals surface area contributed by atoms with Crippen LogP contribution in [0, 0.1) is 0 Å². The molecule has 0 aliphatic carbocycles. The minimum atomic E-state index is -0.00419. The van der Waals surface area contributed by atoms with Crippen molar-refractivity contribution in [2.75, 3.05) is 24.8 Å². The number of phenols is 1. The summed E-state index contributed by atoms with van der Waals surface area (Å²) in [6.07, 6.45) is 0. The molecule has 0 atom stereocenters. The van der Waals surface area contributed by atoms with Gasteiger partial charge in [-0.25, -0.2) is 0 Å². The topological polar surface area (TPSA) is 23.5 Å². The third-order valence-corrected chi connectivity index (χ3v) is 4.67. The van der Waals surface area contributed by atoms with Crippen molar-refractivity contribution in [1.82, 2.24) is 4.90 Å². The average molecular weight is 417 g/mol. The molecular formula is C21H28Cl3NO. The lowest BCUT2D eigenvalue weighted by Gasteiger charge is -2.25. The van der Waals surface area contributed by atoms with E-state index in [9.17, 15) is 5.11 Å². The van der Waals surface area contributed by atoms with Crippen molar-refractivity contribution in [3.8, 4) is 16.9 Å². The molecule has 0 unspecified atom stereocenters. The van der Waals surface area contributed by atoms with E-state index in [1.165, 1.54) is 5.56 Å². The lowest BCUT2D eigenvalue weighted by molar-refractivity contribution is 0.294. The van der Waals surface area contributed by atoms with Gasteiger partial charge in [0.2, 0.25) is 0 Å². The van der Waals surface area contributed by atoms with Crippen LogP contribution >= 0.6 is 35.6 Å². The molecule has 0 fully saturated rings. The SMILES string of the molecule is CC(C)(C)c1cc(CN(CCCl)CCCl)c(O)c(-c2ccccc2)c1.Cl. The summed E-state index contributed by atoms with van der Waals surface area (Å²) in [5, 5.41) is 10.9. The molecule has 2 aromatic carbocycles. The Hall–Kier alpha value is -0.930. The molecule has 2 nitrogen and oxygen atoms in total. The molecular weight excluding hydrogens is 389 g/mol. The van der Waals surface area contributed by atoms with Crippen LogP contribution in [0.25, 0.3) is 11.1 Å². The molecule has 0 saturated heterocycles. The van der Waals surface area contributed by atoms with Crippen LogP contribution in [-0.4, -0.2) is 34.9 Å². The van der Waals surface area contributed by atoms with E-state index in [-0.39, 0.29) is 17.8 Å². The Bertz CT molecular complexity index is 678. The first-order valence-corrected chi connectivity index (χ1v) is 9.69. The van der Waals surface area contributed by atoms with Crippen molar-refractivity contribution >= 4 is 35.6 Å². The summed E-state index contributed by atoms with van der Waals surface area (Å²) >= 11 is 11.8. The molecule has 0 radical (unpaired) electrons. The summed E-state index contributed by atoms with van der Waals surface area (Å²) in [7, 11) is 0. The van der Waals surface area contributed by atoms with Crippen molar-refractivity contribution in [3.63, 3.8) is 0 Å². The Morgan fingerprint density at radius 2 is 1.54 bits per heavy atom. The molecule has 0 aromatic heterocycles. The van der Waals surface area contributed by atoms with Crippen LogP contribution in [0.1, 0.15) is 31.9 Å². The van der Waals surface area contributed by atoms with E-state index >= 15 is 0 Å². The normalized spacial score (nSPS) is 11.5. The van der Waals surface area contributed by atoms with Crippen LogP contribution in [0.5, 0.6) is 5.75 Å². The molecule has 0 spiro atoms. The fourth-order valence-corrected chi connectivity index (χ4v) is 3.31. The van der Waals surface area contributed by atoms with Gasteiger partial charge < -0.3 is 5.11 Å². The molecule has 0 aliphatic heterocycles. The number of rotatable bonds is 7. The maximum Gasteiger partial charge on any atom is 0.127 e. The third-order valence-electron chi connectivity index (χ3n) is 4.34. The summed E-state index contributed by atoms with van der Waals surface area (Å²) in [5.74, 6) is 1.43. The number of hydrogen-bond acceptors (Lipinski definition) is 2. The summed E-state index contributed by atoms with van der Waals surface area (Å²) in [4.78, 5) is 2.18. The Morgan fingerprint density at radius 3 is 2.04 bits per heavy atom. The van der Waals surface area contributed by atoms with E-state index in [0.717, 1.165) is 29.8 Å². The summed E-state index contributed by atoms with van der Waals surface area (Å²) in [5.41, 5.74) is 4.01. The predicted octanol–water partition coefficient (Wildman–Crippen LogP) is 6.06. The van der Waals surface area contributed by atoms with Gasteiger partial charge in [-0.05, 0) is 22.6 Å². The van der Waals surface area contributed by atoms with Crippen molar-refractivity contribution < 1.29 is 5.11 Å². The van der Waals surface area contributed by atoms with Gasteiger partial charge in [-0.1, -0.05) is 57.2 Å². The maximum absolute atomic E-state index is 10.9. The number of alkyl halides is 2. The molecule has 26 heavy (non-hydrogen) atoms. The average Bonchev–Trinajstić information content (AvgIpc) is 2.57. The highest BCUT2D eigenvalue weighted by Crippen LogP contribution is 2.37. The standard InChI is InChI=1S/C21H27Cl2NO.ClH/c1-21(2,3)18-13-17(15-24(11-9-22)12-10-23)20(25)19(14-18)16-7-5-4-6-8-16;/h4-8,13-14,25H,9-12,15H2,1-3H3;1H. The smallest absolute Gasteiger partial charge is 0.127 e. The zero-order valence-corrected chi connectivity index (χ0v) is 18.0. The molecule has 0 aliphatic rings. The second-order valence-electron chi connectivity index (χ2n) is 7.30. The number of halogens is 3. The fourth-order valence-electron chi connectivity index (χ4n) is 2.84. The second-order valence-corrected chi connectivity index (χ2v) is 8.06. The summed E-state index contributed by atoms with van der Waals surface area (Å²) < 4.78 is 0. The van der Waals surface area contributed by atoms with Crippen molar-refractivity contribution in [2.45, 2.75) is 32.7 Å². The van der Waals surface area contributed by atoms with Crippen LogP contribution in [0.4, 0.5) is 0 Å². The van der Waals surface area contributed by atoms with Gasteiger partial charge in [-0.3, -0.25) is 4.90 Å². The first kappa shape index (κ1) is 23.1. The first-order valence-electron chi connectivity index (χ1n) is 8.63. The monoisotopic (exact) mass is 415 g/mol. The molecule has 0 amide bonds. The van der Waals surface area contributed by atoms with Crippen LogP contribution in [-0.2, 0) is 12.0 Å². The quantitative estimate of drug-likeness (QED) is 0.555. The second kappa shape index (κ2) is 10.4. The molecule has 1 N–H and O–H groups in total. The summed E-state index contributed by atoms with van der Waals surface area (Å²) in [6, 6.07) is 14.2.